The molecule has 0 radical (unpaired) electrons. The number of hydrogen-bond acceptors (Lipinski definition) is 8. The highest BCUT2D eigenvalue weighted by atomic mass is 16.5. The van der Waals surface area contributed by atoms with Crippen molar-refractivity contribution in [2.45, 2.75) is 6.10 Å². The number of aliphatic hydroxyl groups is 1. The zero-order valence-electron chi connectivity index (χ0n) is 17.1. The zero-order valence-corrected chi connectivity index (χ0v) is 17.1. The van der Waals surface area contributed by atoms with Crippen LogP contribution in [0, 0.1) is 0 Å². The van der Waals surface area contributed by atoms with Crippen LogP contribution in [0.15, 0.2) is 58.6 Å². The van der Waals surface area contributed by atoms with Gasteiger partial charge in [0.15, 0.2) is 11.7 Å². The maximum Gasteiger partial charge on any atom is 0.174 e. The van der Waals surface area contributed by atoms with Crippen molar-refractivity contribution >= 4 is 34.4 Å². The fourth-order valence-corrected chi connectivity index (χ4v) is 4.22. The number of fused-ring (bicyclic) bond motifs is 2. The molecule has 0 amide bonds. The summed E-state index contributed by atoms with van der Waals surface area (Å²) in [7, 11) is 0. The van der Waals surface area contributed by atoms with Crippen LogP contribution in [0.2, 0.25) is 0 Å². The third kappa shape index (κ3) is 3.38. The largest absolute Gasteiger partial charge is 0.490 e. The van der Waals surface area contributed by atoms with E-state index in [4.69, 9.17) is 9.73 Å². The van der Waals surface area contributed by atoms with Crippen LogP contribution in [0.5, 0.6) is 5.75 Å². The van der Waals surface area contributed by atoms with Gasteiger partial charge >= 0.3 is 0 Å². The van der Waals surface area contributed by atoms with E-state index < -0.39 is 0 Å². The highest BCUT2D eigenvalue weighted by Gasteiger charge is 2.27. The maximum atomic E-state index is 9.52. The molecule has 1 saturated heterocycles. The van der Waals surface area contributed by atoms with Gasteiger partial charge in [-0.05, 0) is 36.4 Å². The Hall–Kier alpha value is -3.52. The lowest BCUT2D eigenvalue weighted by Gasteiger charge is -2.37. The minimum atomic E-state index is -0.212. The topological polar surface area (TPSA) is 84.7 Å². The number of hydrogen-bond donors (Lipinski definition) is 3. The molecule has 4 aliphatic rings. The van der Waals surface area contributed by atoms with Crippen LogP contribution in [0.1, 0.15) is 5.56 Å². The smallest absolute Gasteiger partial charge is 0.174 e. The van der Waals surface area contributed by atoms with Crippen molar-refractivity contribution in [3.8, 4) is 5.75 Å². The molecule has 8 nitrogen and oxygen atoms in total. The first-order valence-electron chi connectivity index (χ1n) is 10.7. The van der Waals surface area contributed by atoms with Gasteiger partial charge in [-0.2, -0.15) is 0 Å². The number of aliphatic hydroxyl groups excluding tert-OH is 1. The Morgan fingerprint density at radius 2 is 2.00 bits per heavy atom. The van der Waals surface area contributed by atoms with E-state index in [0.717, 1.165) is 65.4 Å². The first-order chi connectivity index (χ1) is 15.2. The summed E-state index contributed by atoms with van der Waals surface area (Å²) in [6.07, 6.45) is 1.85. The lowest BCUT2D eigenvalue weighted by Crippen LogP contribution is -2.50. The predicted octanol–water partition coefficient (Wildman–Crippen LogP) is 2.21. The maximum absolute atomic E-state index is 9.52. The third-order valence-corrected chi connectivity index (χ3v) is 5.91. The van der Waals surface area contributed by atoms with E-state index in [1.54, 1.807) is 0 Å². The van der Waals surface area contributed by atoms with E-state index in [1.807, 2.05) is 24.3 Å². The Kier molecular flexibility index (Phi) is 4.31. The number of aliphatic imine (C=N–C) groups is 2. The van der Waals surface area contributed by atoms with Gasteiger partial charge in [-0.25, -0.2) is 4.99 Å². The quantitative estimate of drug-likeness (QED) is 0.712. The second kappa shape index (κ2) is 7.31. The van der Waals surface area contributed by atoms with Gasteiger partial charge in [0.05, 0.1) is 24.0 Å². The summed E-state index contributed by atoms with van der Waals surface area (Å²) >= 11 is 0. The van der Waals surface area contributed by atoms with E-state index in [9.17, 15) is 5.11 Å². The molecule has 2 aromatic carbocycles. The molecule has 0 unspecified atom stereocenters. The molecule has 158 valence electrons. The highest BCUT2D eigenvalue weighted by Crippen LogP contribution is 2.33. The van der Waals surface area contributed by atoms with Crippen LogP contribution in [0.3, 0.4) is 0 Å². The number of benzene rings is 2. The van der Waals surface area contributed by atoms with Gasteiger partial charge < -0.3 is 30.3 Å². The Morgan fingerprint density at radius 3 is 2.84 bits per heavy atom. The number of ether oxygens (including phenoxy) is 1. The summed E-state index contributed by atoms with van der Waals surface area (Å²) in [5.41, 5.74) is 4.99. The molecule has 6 rings (SSSR count). The molecule has 4 aliphatic heterocycles. The van der Waals surface area contributed by atoms with E-state index in [0.29, 0.717) is 19.7 Å². The van der Waals surface area contributed by atoms with Crippen molar-refractivity contribution < 1.29 is 9.84 Å². The SMILES string of the molecule is OC1CN(c2ccc(NC3=NC(c4ccc5c(c4)OCCN5)=CN4CCN=C34)cc2)C1. The minimum Gasteiger partial charge on any atom is -0.490 e. The van der Waals surface area contributed by atoms with E-state index >= 15 is 0 Å². The summed E-state index contributed by atoms with van der Waals surface area (Å²) < 4.78 is 5.80. The fourth-order valence-electron chi connectivity index (χ4n) is 4.22. The summed E-state index contributed by atoms with van der Waals surface area (Å²) in [6.45, 7) is 4.48. The molecule has 4 heterocycles. The molecule has 31 heavy (non-hydrogen) atoms. The fraction of sp³-hybridized carbons (Fsp3) is 0.304. The van der Waals surface area contributed by atoms with Crippen LogP contribution in [-0.4, -0.2) is 67.1 Å². The average Bonchev–Trinajstić information content (AvgIpc) is 3.26. The van der Waals surface area contributed by atoms with Gasteiger partial charge in [-0.15, -0.1) is 0 Å². The number of amidine groups is 2. The molecule has 3 N–H and O–H groups in total. The van der Waals surface area contributed by atoms with E-state index in [2.05, 4.69) is 49.8 Å². The molecule has 0 aromatic heterocycles. The first kappa shape index (κ1) is 18.3. The van der Waals surface area contributed by atoms with Gasteiger partial charge in [0.25, 0.3) is 0 Å². The molecule has 0 saturated carbocycles. The van der Waals surface area contributed by atoms with E-state index in [-0.39, 0.29) is 6.10 Å². The normalized spacial score (nSPS) is 19.8. The standard InChI is InChI=1S/C23H24N6O2/c30-18-12-29(13-18)17-4-2-16(3-5-17)26-22-23-25-7-9-28(23)14-20(27-22)15-1-6-19-21(11-15)31-10-8-24-19/h1-6,11,14,18,24,30H,7-10,12-13H2,(H,26,27). The van der Waals surface area contributed by atoms with Gasteiger partial charge in [0.2, 0.25) is 0 Å². The van der Waals surface area contributed by atoms with Crippen LogP contribution < -0.4 is 20.3 Å². The molecule has 0 aliphatic carbocycles. The van der Waals surface area contributed by atoms with Crippen molar-refractivity contribution in [3.05, 3.63) is 54.2 Å². The van der Waals surface area contributed by atoms with Crippen LogP contribution in [0.4, 0.5) is 17.1 Å². The average molecular weight is 416 g/mol. The van der Waals surface area contributed by atoms with Gasteiger partial charge in [-0.3, -0.25) is 4.99 Å². The predicted molar refractivity (Wildman–Crippen MR) is 123 cm³/mol. The number of nitrogens with zero attached hydrogens (tertiary/aromatic N) is 4. The third-order valence-electron chi connectivity index (χ3n) is 5.91. The Morgan fingerprint density at radius 1 is 1.13 bits per heavy atom. The molecule has 0 bridgehead atoms. The Balaban J connectivity index is 1.27. The van der Waals surface area contributed by atoms with Crippen molar-refractivity contribution in [1.29, 1.82) is 0 Å². The van der Waals surface area contributed by atoms with Gasteiger partial charge in [0.1, 0.15) is 12.4 Å². The molecule has 1 fully saturated rings. The second-order valence-electron chi connectivity index (χ2n) is 8.09. The molecular weight excluding hydrogens is 392 g/mol. The van der Waals surface area contributed by atoms with Crippen molar-refractivity contribution in [2.75, 3.05) is 54.9 Å². The highest BCUT2D eigenvalue weighted by molar-refractivity contribution is 6.46. The summed E-state index contributed by atoms with van der Waals surface area (Å²) in [6, 6.07) is 14.4. The lowest BCUT2D eigenvalue weighted by molar-refractivity contribution is 0.142. The molecule has 0 atom stereocenters. The number of anilines is 3. The molecular formula is C23H24N6O2. The minimum absolute atomic E-state index is 0.212. The van der Waals surface area contributed by atoms with Gasteiger partial charge in [0, 0.05) is 49.3 Å². The first-order valence-corrected chi connectivity index (χ1v) is 10.7. The number of nitrogens with one attached hydrogen (secondary N) is 2. The summed E-state index contributed by atoms with van der Waals surface area (Å²) in [5, 5.41) is 16.3. The van der Waals surface area contributed by atoms with E-state index in [1.165, 1.54) is 0 Å². The summed E-state index contributed by atoms with van der Waals surface area (Å²) in [4.78, 5) is 13.9. The molecule has 2 aromatic rings. The monoisotopic (exact) mass is 416 g/mol. The summed E-state index contributed by atoms with van der Waals surface area (Å²) in [5.74, 6) is 2.48. The van der Waals surface area contributed by atoms with Crippen molar-refractivity contribution in [3.63, 3.8) is 0 Å². The van der Waals surface area contributed by atoms with Crippen LogP contribution in [-0.2, 0) is 0 Å². The number of β-amino-alcohol motifs (C(OH)–C–C–N with tert-alkyl or cyclic N) is 1. The lowest BCUT2D eigenvalue weighted by atomic mass is 10.1. The van der Waals surface area contributed by atoms with Crippen LogP contribution >= 0.6 is 0 Å². The molecule has 0 spiro atoms. The Bertz CT molecular complexity index is 1100. The van der Waals surface area contributed by atoms with Gasteiger partial charge in [-0.1, -0.05) is 6.07 Å². The zero-order chi connectivity index (χ0) is 20.8. The van der Waals surface area contributed by atoms with Crippen molar-refractivity contribution in [1.82, 2.24) is 4.90 Å². The molecule has 8 heteroatoms. The number of rotatable bonds is 3. The van der Waals surface area contributed by atoms with Crippen LogP contribution in [0.25, 0.3) is 5.70 Å². The van der Waals surface area contributed by atoms with Crippen molar-refractivity contribution in [2.24, 2.45) is 9.98 Å². The second-order valence-corrected chi connectivity index (χ2v) is 8.09. The Labute approximate surface area is 180 Å².